The van der Waals surface area contributed by atoms with Crippen LogP contribution < -0.4 is 0 Å². The third-order valence-corrected chi connectivity index (χ3v) is 3.73. The molecule has 104 valence electrons. The average Bonchev–Trinajstić information content (AvgIpc) is 2.82. The summed E-state index contributed by atoms with van der Waals surface area (Å²) in [7, 11) is 2.01. The van der Waals surface area contributed by atoms with Crippen molar-refractivity contribution in [3.63, 3.8) is 0 Å². The lowest BCUT2D eigenvalue weighted by molar-refractivity contribution is 0.104. The minimum absolute atomic E-state index is 0.0280. The first-order chi connectivity index (χ1) is 10.1. The van der Waals surface area contributed by atoms with Crippen molar-refractivity contribution in [1.29, 1.82) is 0 Å². The zero-order chi connectivity index (χ0) is 14.8. The van der Waals surface area contributed by atoms with Gasteiger partial charge in [0.15, 0.2) is 5.78 Å². The monoisotopic (exact) mass is 275 g/mol. The summed E-state index contributed by atoms with van der Waals surface area (Å²) < 4.78 is 2.09. The van der Waals surface area contributed by atoms with Crippen molar-refractivity contribution in [2.45, 2.75) is 6.92 Å². The number of carbonyl (C=O) groups excluding carboxylic acids is 1. The molecule has 0 saturated heterocycles. The lowest BCUT2D eigenvalue weighted by Gasteiger charge is -1.99. The van der Waals surface area contributed by atoms with Crippen LogP contribution in [-0.4, -0.2) is 10.4 Å². The second-order valence-corrected chi connectivity index (χ2v) is 5.25. The lowest BCUT2D eigenvalue weighted by atomic mass is 10.1. The summed E-state index contributed by atoms with van der Waals surface area (Å²) in [6.45, 7) is 2.01. The first-order valence-electron chi connectivity index (χ1n) is 6.99. The molecule has 3 rings (SSSR count). The van der Waals surface area contributed by atoms with Crippen LogP contribution in [0.15, 0.2) is 60.7 Å². The summed E-state index contributed by atoms with van der Waals surface area (Å²) in [4.78, 5) is 12.2. The van der Waals surface area contributed by atoms with E-state index in [1.54, 1.807) is 6.08 Å². The predicted molar refractivity (Wildman–Crippen MR) is 87.5 cm³/mol. The summed E-state index contributed by atoms with van der Waals surface area (Å²) >= 11 is 0. The van der Waals surface area contributed by atoms with E-state index >= 15 is 0 Å². The van der Waals surface area contributed by atoms with Gasteiger partial charge in [0.2, 0.25) is 0 Å². The maximum atomic E-state index is 12.2. The first kappa shape index (κ1) is 13.4. The minimum atomic E-state index is 0.0280. The van der Waals surface area contributed by atoms with Gasteiger partial charge in [-0.25, -0.2) is 0 Å². The Morgan fingerprint density at radius 1 is 1.05 bits per heavy atom. The Hall–Kier alpha value is -2.61. The molecule has 0 saturated carbocycles. The number of hydrogen-bond donors (Lipinski definition) is 0. The van der Waals surface area contributed by atoms with Gasteiger partial charge in [0.25, 0.3) is 0 Å². The van der Waals surface area contributed by atoms with Gasteiger partial charge in [-0.1, -0.05) is 48.0 Å². The lowest BCUT2D eigenvalue weighted by Crippen LogP contribution is -1.95. The van der Waals surface area contributed by atoms with Gasteiger partial charge in [-0.3, -0.25) is 4.79 Å². The highest BCUT2D eigenvalue weighted by Crippen LogP contribution is 2.19. The van der Waals surface area contributed by atoms with E-state index < -0.39 is 0 Å². The molecule has 3 aromatic rings. The second kappa shape index (κ2) is 5.41. The van der Waals surface area contributed by atoms with Crippen LogP contribution >= 0.6 is 0 Å². The molecule has 21 heavy (non-hydrogen) atoms. The molecule has 0 radical (unpaired) electrons. The molecule has 0 unspecified atom stereocenters. The fourth-order valence-corrected chi connectivity index (χ4v) is 2.45. The van der Waals surface area contributed by atoms with Crippen LogP contribution in [0.2, 0.25) is 0 Å². The first-order valence-corrected chi connectivity index (χ1v) is 6.99. The normalized spacial score (nSPS) is 11.3. The maximum Gasteiger partial charge on any atom is 0.185 e. The topological polar surface area (TPSA) is 22.0 Å². The Morgan fingerprint density at radius 3 is 2.48 bits per heavy atom. The van der Waals surface area contributed by atoms with Crippen LogP contribution in [0.5, 0.6) is 0 Å². The van der Waals surface area contributed by atoms with Crippen molar-refractivity contribution < 1.29 is 4.79 Å². The molecule has 0 aliphatic carbocycles. The van der Waals surface area contributed by atoms with Crippen LogP contribution in [0.25, 0.3) is 17.0 Å². The van der Waals surface area contributed by atoms with Crippen molar-refractivity contribution in [3.05, 3.63) is 77.5 Å². The summed E-state index contributed by atoms with van der Waals surface area (Å²) in [5.41, 5.74) is 4.07. The Labute approximate surface area is 124 Å². The average molecular weight is 275 g/mol. The molecule has 0 fully saturated rings. The van der Waals surface area contributed by atoms with Crippen LogP contribution in [0.1, 0.15) is 21.6 Å². The van der Waals surface area contributed by atoms with Gasteiger partial charge in [-0.2, -0.15) is 0 Å². The number of aromatic nitrogens is 1. The van der Waals surface area contributed by atoms with E-state index in [1.807, 2.05) is 56.4 Å². The number of nitrogens with zero attached hydrogens (tertiary/aromatic N) is 1. The van der Waals surface area contributed by atoms with Crippen molar-refractivity contribution >= 4 is 22.8 Å². The fraction of sp³-hybridized carbons (Fsp3) is 0.105. The van der Waals surface area contributed by atoms with Crippen molar-refractivity contribution in [2.75, 3.05) is 0 Å². The quantitative estimate of drug-likeness (QED) is 0.513. The van der Waals surface area contributed by atoms with Gasteiger partial charge < -0.3 is 4.57 Å². The molecule has 0 bridgehead atoms. The van der Waals surface area contributed by atoms with Crippen molar-refractivity contribution in [3.8, 4) is 0 Å². The van der Waals surface area contributed by atoms with Gasteiger partial charge in [0.1, 0.15) is 0 Å². The highest BCUT2D eigenvalue weighted by atomic mass is 16.1. The minimum Gasteiger partial charge on any atom is -0.344 e. The van der Waals surface area contributed by atoms with Gasteiger partial charge in [-0.05, 0) is 31.2 Å². The number of ketones is 1. The molecule has 0 aliphatic heterocycles. The predicted octanol–water partition coefficient (Wildman–Crippen LogP) is 4.38. The van der Waals surface area contributed by atoms with E-state index in [1.165, 1.54) is 10.9 Å². The molecule has 2 aromatic carbocycles. The highest BCUT2D eigenvalue weighted by molar-refractivity contribution is 6.07. The Balaban J connectivity index is 1.89. The zero-order valence-corrected chi connectivity index (χ0v) is 12.2. The summed E-state index contributed by atoms with van der Waals surface area (Å²) in [6, 6.07) is 17.9. The molecule has 2 heteroatoms. The second-order valence-electron chi connectivity index (χ2n) is 5.25. The molecule has 0 N–H and O–H groups in total. The number of benzene rings is 2. The van der Waals surface area contributed by atoms with E-state index in [9.17, 15) is 4.79 Å². The van der Waals surface area contributed by atoms with E-state index in [0.717, 1.165) is 16.8 Å². The van der Waals surface area contributed by atoms with E-state index in [-0.39, 0.29) is 5.78 Å². The van der Waals surface area contributed by atoms with Crippen molar-refractivity contribution in [1.82, 2.24) is 4.57 Å². The van der Waals surface area contributed by atoms with Crippen LogP contribution in [-0.2, 0) is 7.05 Å². The molecule has 1 heterocycles. The van der Waals surface area contributed by atoms with Crippen molar-refractivity contribution in [2.24, 2.45) is 7.05 Å². The molecule has 1 aromatic heterocycles. The Kier molecular flexibility index (Phi) is 3.44. The summed E-state index contributed by atoms with van der Waals surface area (Å²) in [5, 5.41) is 1.18. The molecule has 0 amide bonds. The number of rotatable bonds is 3. The number of para-hydroxylation sites is 1. The molecule has 0 atom stereocenters. The van der Waals surface area contributed by atoms with Crippen LogP contribution in [0, 0.1) is 6.92 Å². The fourth-order valence-electron chi connectivity index (χ4n) is 2.45. The SMILES string of the molecule is Cc1ccc(C(=O)C=Cc2cc3ccccc3n2C)cc1. The van der Waals surface area contributed by atoms with Gasteiger partial charge in [0.05, 0.1) is 0 Å². The Bertz CT molecular complexity index is 822. The van der Waals surface area contributed by atoms with Gasteiger partial charge >= 0.3 is 0 Å². The molecule has 0 aliphatic rings. The number of allylic oxidation sites excluding steroid dienone is 1. The third kappa shape index (κ3) is 2.65. The standard InChI is InChI=1S/C19H17NO/c1-14-7-9-15(10-8-14)19(21)12-11-17-13-16-5-3-4-6-18(16)20(17)2/h3-13H,1-2H3. The van der Waals surface area contributed by atoms with E-state index in [2.05, 4.69) is 22.8 Å². The largest absolute Gasteiger partial charge is 0.344 e. The number of fused-ring (bicyclic) bond motifs is 1. The molecule has 2 nitrogen and oxygen atoms in total. The zero-order valence-electron chi connectivity index (χ0n) is 12.2. The van der Waals surface area contributed by atoms with E-state index in [4.69, 9.17) is 0 Å². The number of aryl methyl sites for hydroxylation is 2. The van der Waals surface area contributed by atoms with Gasteiger partial charge in [-0.15, -0.1) is 0 Å². The van der Waals surface area contributed by atoms with Gasteiger partial charge in [0, 0.05) is 29.2 Å². The third-order valence-electron chi connectivity index (χ3n) is 3.73. The smallest absolute Gasteiger partial charge is 0.185 e. The molecular weight excluding hydrogens is 258 g/mol. The van der Waals surface area contributed by atoms with Crippen LogP contribution in [0.4, 0.5) is 0 Å². The highest BCUT2D eigenvalue weighted by Gasteiger charge is 2.04. The maximum absolute atomic E-state index is 12.2. The summed E-state index contributed by atoms with van der Waals surface area (Å²) in [6.07, 6.45) is 3.51. The molecular formula is C19H17NO. The van der Waals surface area contributed by atoms with E-state index in [0.29, 0.717) is 0 Å². The number of carbonyl (C=O) groups is 1. The number of hydrogen-bond acceptors (Lipinski definition) is 1. The molecule has 0 spiro atoms. The van der Waals surface area contributed by atoms with Crippen LogP contribution in [0.3, 0.4) is 0 Å². The summed E-state index contributed by atoms with van der Waals surface area (Å²) in [5.74, 6) is 0.0280. The Morgan fingerprint density at radius 2 is 1.76 bits per heavy atom.